The van der Waals surface area contributed by atoms with Crippen molar-refractivity contribution < 1.29 is 4.74 Å². The van der Waals surface area contributed by atoms with Crippen LogP contribution in [-0.4, -0.2) is 9.13 Å². The molecule has 10 aromatic carbocycles. The molecule has 0 bridgehead atoms. The zero-order valence-corrected chi connectivity index (χ0v) is 31.9. The van der Waals surface area contributed by atoms with E-state index in [-0.39, 0.29) is 0 Å². The molecule has 0 saturated heterocycles. The third-order valence-corrected chi connectivity index (χ3v) is 12.5. The fourth-order valence-electron chi connectivity index (χ4n) is 9.95. The van der Waals surface area contributed by atoms with E-state index in [1.165, 1.54) is 82.2 Å². The van der Waals surface area contributed by atoms with Gasteiger partial charge in [-0.2, -0.15) is 0 Å². The van der Waals surface area contributed by atoms with E-state index in [9.17, 15) is 0 Å². The van der Waals surface area contributed by atoms with Gasteiger partial charge in [0, 0.05) is 49.6 Å². The lowest BCUT2D eigenvalue weighted by Gasteiger charge is -2.23. The Morgan fingerprint density at radius 2 is 0.949 bits per heavy atom. The molecule has 274 valence electrons. The van der Waals surface area contributed by atoms with E-state index < -0.39 is 0 Å². The van der Waals surface area contributed by atoms with E-state index in [0.29, 0.717) is 0 Å². The van der Waals surface area contributed by atoms with Crippen molar-refractivity contribution >= 4 is 65.2 Å². The molecule has 3 heteroatoms. The minimum atomic E-state index is 0.872. The van der Waals surface area contributed by atoms with E-state index in [1.54, 1.807) is 0 Å². The first-order valence-corrected chi connectivity index (χ1v) is 20.3. The number of rotatable bonds is 4. The molecule has 2 aromatic heterocycles. The second-order valence-corrected chi connectivity index (χ2v) is 15.6. The highest BCUT2D eigenvalue weighted by atomic mass is 16.5. The molecule has 1 aliphatic rings. The van der Waals surface area contributed by atoms with Crippen LogP contribution in [0.25, 0.3) is 110 Å². The highest BCUT2D eigenvalue weighted by molar-refractivity contribution is 6.25. The maximum absolute atomic E-state index is 6.89. The zero-order chi connectivity index (χ0) is 38.6. The number of para-hydroxylation sites is 3. The van der Waals surface area contributed by atoms with Crippen molar-refractivity contribution in [3.05, 3.63) is 206 Å². The van der Waals surface area contributed by atoms with Crippen LogP contribution in [0.3, 0.4) is 0 Å². The smallest absolute Gasteiger partial charge is 0.138 e. The Labute approximate surface area is 340 Å². The molecule has 0 atom stereocenters. The number of hydrogen-bond donors (Lipinski definition) is 0. The van der Waals surface area contributed by atoms with Crippen LogP contribution in [0.5, 0.6) is 11.5 Å². The predicted molar refractivity (Wildman–Crippen MR) is 247 cm³/mol. The normalized spacial score (nSPS) is 12.2. The van der Waals surface area contributed by atoms with Crippen LogP contribution in [0.4, 0.5) is 0 Å². The second-order valence-electron chi connectivity index (χ2n) is 15.6. The average molecular weight is 751 g/mol. The summed E-state index contributed by atoms with van der Waals surface area (Å²) >= 11 is 0. The van der Waals surface area contributed by atoms with Gasteiger partial charge in [0.05, 0.1) is 27.8 Å². The van der Waals surface area contributed by atoms with Gasteiger partial charge in [0.25, 0.3) is 0 Å². The van der Waals surface area contributed by atoms with Gasteiger partial charge in [-0.15, -0.1) is 0 Å². The summed E-state index contributed by atoms with van der Waals surface area (Å²) < 4.78 is 11.7. The van der Waals surface area contributed by atoms with Crippen molar-refractivity contribution in [3.8, 4) is 56.3 Å². The van der Waals surface area contributed by atoms with Gasteiger partial charge >= 0.3 is 0 Å². The molecule has 0 amide bonds. The Balaban J connectivity index is 0.989. The number of nitrogens with zero attached hydrogens (tertiary/aromatic N) is 2. The maximum Gasteiger partial charge on any atom is 0.138 e. The molecular formula is C56H34N2O. The van der Waals surface area contributed by atoms with Crippen LogP contribution < -0.4 is 4.74 Å². The summed E-state index contributed by atoms with van der Waals surface area (Å²) in [5.74, 6) is 1.76. The van der Waals surface area contributed by atoms with Gasteiger partial charge in [0.15, 0.2) is 0 Å². The van der Waals surface area contributed by atoms with Crippen molar-refractivity contribution in [3.63, 3.8) is 0 Å². The SMILES string of the molecule is c1ccc(-c2ccc3c(c2)c2ccccc2n3-c2ccc(-c3ccc4c(c3)-c3cccc5c3c(cc3c5c5ccccc5n3-c3ccccc3)O4)c3ccccc23)cc1. The fourth-order valence-corrected chi connectivity index (χ4v) is 9.95. The van der Waals surface area contributed by atoms with Crippen molar-refractivity contribution in [2.24, 2.45) is 0 Å². The summed E-state index contributed by atoms with van der Waals surface area (Å²) in [6.45, 7) is 0. The predicted octanol–water partition coefficient (Wildman–Crippen LogP) is 15.3. The molecule has 0 fully saturated rings. The molecule has 0 radical (unpaired) electrons. The number of ether oxygens (including phenoxy) is 1. The van der Waals surface area contributed by atoms with Gasteiger partial charge < -0.3 is 13.9 Å². The summed E-state index contributed by atoms with van der Waals surface area (Å²) in [6.07, 6.45) is 0. The third kappa shape index (κ3) is 4.64. The molecule has 0 aliphatic carbocycles. The van der Waals surface area contributed by atoms with Crippen molar-refractivity contribution in [2.75, 3.05) is 0 Å². The van der Waals surface area contributed by atoms with Gasteiger partial charge in [0.1, 0.15) is 11.5 Å². The zero-order valence-electron chi connectivity index (χ0n) is 31.9. The summed E-state index contributed by atoms with van der Waals surface area (Å²) in [6, 6.07) is 74.8. The molecule has 0 saturated carbocycles. The van der Waals surface area contributed by atoms with E-state index in [0.717, 1.165) is 39.2 Å². The first kappa shape index (κ1) is 32.2. The van der Waals surface area contributed by atoms with Crippen molar-refractivity contribution in [1.82, 2.24) is 9.13 Å². The standard InChI is InChI=1S/C56H34N2O/c1-3-14-35(15-4-1)36-26-29-51-46(32-36)42-20-9-11-24-48(42)58(51)50-30-28-39(40-18-7-8-19-41(40)50)37-27-31-53-47(33-37)43-22-13-23-45-55-44-21-10-12-25-49(44)57(38-16-5-2-6-17-38)52(55)34-54(59-53)56(43)45/h1-34H. The van der Waals surface area contributed by atoms with E-state index in [1.807, 2.05) is 0 Å². The number of hydrogen-bond acceptors (Lipinski definition) is 1. The van der Waals surface area contributed by atoms with E-state index in [2.05, 4.69) is 215 Å². The number of fused-ring (bicyclic) bond motifs is 10. The van der Waals surface area contributed by atoms with E-state index >= 15 is 0 Å². The largest absolute Gasteiger partial charge is 0.456 e. The highest BCUT2D eigenvalue weighted by Crippen LogP contribution is 2.51. The maximum atomic E-state index is 6.89. The highest BCUT2D eigenvalue weighted by Gasteiger charge is 2.26. The molecule has 59 heavy (non-hydrogen) atoms. The van der Waals surface area contributed by atoms with Crippen LogP contribution >= 0.6 is 0 Å². The fraction of sp³-hybridized carbons (Fsp3) is 0. The Morgan fingerprint density at radius 1 is 0.288 bits per heavy atom. The molecule has 0 N–H and O–H groups in total. The molecule has 13 rings (SSSR count). The van der Waals surface area contributed by atoms with Crippen LogP contribution in [0.2, 0.25) is 0 Å². The monoisotopic (exact) mass is 750 g/mol. The average Bonchev–Trinajstić information content (AvgIpc) is 3.82. The van der Waals surface area contributed by atoms with Gasteiger partial charge in [-0.05, 0) is 93.2 Å². The lowest BCUT2D eigenvalue weighted by molar-refractivity contribution is 0.487. The van der Waals surface area contributed by atoms with Crippen molar-refractivity contribution in [1.29, 1.82) is 0 Å². The van der Waals surface area contributed by atoms with Crippen LogP contribution in [0.1, 0.15) is 0 Å². The summed E-state index contributed by atoms with van der Waals surface area (Å²) in [4.78, 5) is 0. The molecule has 12 aromatic rings. The summed E-state index contributed by atoms with van der Waals surface area (Å²) in [5, 5.41) is 9.76. The molecular weight excluding hydrogens is 717 g/mol. The molecule has 1 aliphatic heterocycles. The van der Waals surface area contributed by atoms with Gasteiger partial charge in [-0.3, -0.25) is 0 Å². The lowest BCUT2D eigenvalue weighted by Crippen LogP contribution is -1.99. The van der Waals surface area contributed by atoms with Crippen LogP contribution in [-0.2, 0) is 0 Å². The van der Waals surface area contributed by atoms with Gasteiger partial charge in [-0.25, -0.2) is 0 Å². The van der Waals surface area contributed by atoms with E-state index in [4.69, 9.17) is 4.74 Å². The summed E-state index contributed by atoms with van der Waals surface area (Å²) in [7, 11) is 0. The minimum Gasteiger partial charge on any atom is -0.456 e. The minimum absolute atomic E-state index is 0.872. The van der Waals surface area contributed by atoms with Crippen LogP contribution in [0, 0.1) is 0 Å². The Bertz CT molecular complexity index is 3690. The molecule has 0 unspecified atom stereocenters. The van der Waals surface area contributed by atoms with Crippen LogP contribution in [0.15, 0.2) is 206 Å². The van der Waals surface area contributed by atoms with Gasteiger partial charge in [-0.1, -0.05) is 146 Å². The van der Waals surface area contributed by atoms with Crippen molar-refractivity contribution in [2.45, 2.75) is 0 Å². The first-order chi connectivity index (χ1) is 29.3. The first-order valence-electron chi connectivity index (χ1n) is 20.3. The molecule has 3 heterocycles. The Kier molecular flexibility index (Phi) is 6.72. The topological polar surface area (TPSA) is 19.1 Å². The summed E-state index contributed by atoms with van der Waals surface area (Å²) in [5.41, 5.74) is 14.1. The quantitative estimate of drug-likeness (QED) is 0.175. The molecule has 3 nitrogen and oxygen atoms in total. The lowest BCUT2D eigenvalue weighted by atomic mass is 9.89. The third-order valence-electron chi connectivity index (χ3n) is 12.5. The van der Waals surface area contributed by atoms with Gasteiger partial charge in [0.2, 0.25) is 0 Å². The number of benzene rings is 10. The number of aromatic nitrogens is 2. The Morgan fingerprint density at radius 3 is 1.78 bits per heavy atom. The molecule has 0 spiro atoms. The second kappa shape index (κ2) is 12.3. The Hall–Kier alpha value is -7.88.